The Morgan fingerprint density at radius 1 is 1.37 bits per heavy atom. The van der Waals surface area contributed by atoms with Gasteiger partial charge in [0.15, 0.2) is 0 Å². The molecule has 106 valence electrons. The highest BCUT2D eigenvalue weighted by molar-refractivity contribution is 6.33. The summed E-state index contributed by atoms with van der Waals surface area (Å²) in [6.07, 6.45) is 4.42. The molecule has 3 aliphatic rings. The number of hydrogen-bond acceptors (Lipinski definition) is 5. The zero-order valence-corrected chi connectivity index (χ0v) is 11.5. The Morgan fingerprint density at radius 3 is 2.89 bits per heavy atom. The maximum atomic E-state index is 11.2. The summed E-state index contributed by atoms with van der Waals surface area (Å²) in [5.74, 6) is 1.50. The molecule has 5 nitrogen and oxygen atoms in total. The second-order valence-corrected chi connectivity index (χ2v) is 6.22. The van der Waals surface area contributed by atoms with E-state index in [1.54, 1.807) is 0 Å². The average molecular weight is 266 g/mol. The number of carbonyl (C=O) groups is 1. The van der Waals surface area contributed by atoms with Gasteiger partial charge in [-0.1, -0.05) is 0 Å². The number of fused-ring (bicyclic) bond motifs is 5. The van der Waals surface area contributed by atoms with Crippen molar-refractivity contribution in [2.24, 2.45) is 17.8 Å². The van der Waals surface area contributed by atoms with Crippen LogP contribution in [0, 0.1) is 23.2 Å². The van der Waals surface area contributed by atoms with Crippen molar-refractivity contribution < 1.29 is 14.3 Å². The monoisotopic (exact) mass is 266 g/mol. The molecule has 19 heavy (non-hydrogen) atoms. The Kier molecular flexibility index (Phi) is 3.35. The fourth-order valence-corrected chi connectivity index (χ4v) is 4.23. The lowest BCUT2D eigenvalue weighted by atomic mass is 9.82. The zero-order chi connectivity index (χ0) is 13.6. The highest BCUT2D eigenvalue weighted by Gasteiger charge is 2.56. The van der Waals surface area contributed by atoms with E-state index in [0.29, 0.717) is 36.0 Å². The van der Waals surface area contributed by atoms with Crippen molar-refractivity contribution in [3.05, 3.63) is 0 Å². The summed E-state index contributed by atoms with van der Waals surface area (Å²) in [6.45, 7) is 3.83. The molecule has 0 radical (unpaired) electrons. The number of esters is 1. The Hall–Kier alpha value is -0.940. The number of ether oxygens (including phenoxy) is 2. The maximum absolute atomic E-state index is 11.2. The second kappa shape index (κ2) is 4.87. The highest BCUT2D eigenvalue weighted by Crippen LogP contribution is 2.54. The van der Waals surface area contributed by atoms with Gasteiger partial charge in [0.1, 0.15) is 12.4 Å². The summed E-state index contributed by atoms with van der Waals surface area (Å²) < 4.78 is 11.0. The molecule has 5 heteroatoms. The first kappa shape index (κ1) is 13.1. The van der Waals surface area contributed by atoms with Crippen LogP contribution in [-0.2, 0) is 14.3 Å². The van der Waals surface area contributed by atoms with Crippen LogP contribution in [0.4, 0.5) is 0 Å². The summed E-state index contributed by atoms with van der Waals surface area (Å²) in [6, 6.07) is 0.444. The van der Waals surface area contributed by atoms with Gasteiger partial charge in [-0.15, -0.1) is 0 Å². The average Bonchev–Trinajstić information content (AvgIpc) is 2.98. The summed E-state index contributed by atoms with van der Waals surface area (Å²) in [7, 11) is 0. The van der Waals surface area contributed by atoms with E-state index in [-0.39, 0.29) is 12.4 Å². The maximum Gasteiger partial charge on any atom is 0.352 e. The van der Waals surface area contributed by atoms with Gasteiger partial charge in [-0.2, -0.15) is 0 Å². The first-order chi connectivity index (χ1) is 9.06. The molecule has 2 aliphatic carbocycles. The number of hydrogen-bond donors (Lipinski definition) is 2. The molecule has 1 aliphatic heterocycles. The van der Waals surface area contributed by atoms with E-state index in [9.17, 15) is 4.79 Å². The number of rotatable bonds is 4. The molecule has 6 unspecified atom stereocenters. The predicted octanol–water partition coefficient (Wildman–Crippen LogP) is 1.32. The largest absolute Gasteiger partial charge is 0.445 e. The molecule has 0 aromatic heterocycles. The third kappa shape index (κ3) is 2.30. The van der Waals surface area contributed by atoms with E-state index in [1.165, 1.54) is 19.8 Å². The van der Waals surface area contributed by atoms with Crippen LogP contribution in [0.2, 0.25) is 0 Å². The lowest BCUT2D eigenvalue weighted by molar-refractivity contribution is -0.136. The normalized spacial score (nSPS) is 43.3. The quantitative estimate of drug-likeness (QED) is 0.457. The lowest BCUT2D eigenvalue weighted by Gasteiger charge is -2.30. The van der Waals surface area contributed by atoms with Crippen LogP contribution >= 0.6 is 0 Å². The summed E-state index contributed by atoms with van der Waals surface area (Å²) >= 11 is 0. The van der Waals surface area contributed by atoms with E-state index in [4.69, 9.17) is 14.9 Å². The third-order valence-corrected chi connectivity index (χ3v) is 4.93. The topological polar surface area (TPSA) is 71.4 Å². The van der Waals surface area contributed by atoms with Crippen LogP contribution in [0.5, 0.6) is 0 Å². The minimum absolute atomic E-state index is 0.0483. The van der Waals surface area contributed by atoms with Gasteiger partial charge in [0.2, 0.25) is 0 Å². The van der Waals surface area contributed by atoms with Gasteiger partial charge < -0.3 is 9.47 Å². The fraction of sp³-hybridized carbons (Fsp3) is 0.857. The second-order valence-electron chi connectivity index (χ2n) is 6.22. The van der Waals surface area contributed by atoms with Crippen LogP contribution in [0.1, 0.15) is 33.1 Å². The Balaban J connectivity index is 1.50. The van der Waals surface area contributed by atoms with Gasteiger partial charge in [0.05, 0.1) is 12.2 Å². The first-order valence-electron chi connectivity index (χ1n) is 7.17. The van der Waals surface area contributed by atoms with Gasteiger partial charge >= 0.3 is 5.97 Å². The van der Waals surface area contributed by atoms with Crippen LogP contribution in [0.25, 0.3) is 0 Å². The van der Waals surface area contributed by atoms with E-state index >= 15 is 0 Å². The Labute approximate surface area is 113 Å². The van der Waals surface area contributed by atoms with Gasteiger partial charge in [-0.05, 0) is 50.9 Å². The summed E-state index contributed by atoms with van der Waals surface area (Å²) in [5.41, 5.74) is -0.0483. The molecule has 0 aromatic carbocycles. The molecule has 6 atom stereocenters. The van der Waals surface area contributed by atoms with Gasteiger partial charge in [0, 0.05) is 6.04 Å². The fourth-order valence-electron chi connectivity index (χ4n) is 4.23. The van der Waals surface area contributed by atoms with Crippen LogP contribution in [0.15, 0.2) is 0 Å². The Bertz CT molecular complexity index is 398. The SMILES string of the molecule is CC(=N)C(=O)OCNC1CC2CC1C1CC(C)OC21. The highest BCUT2D eigenvalue weighted by atomic mass is 16.5. The van der Waals surface area contributed by atoms with Crippen molar-refractivity contribution in [1.82, 2.24) is 5.32 Å². The van der Waals surface area contributed by atoms with Crippen LogP contribution in [0.3, 0.4) is 0 Å². The van der Waals surface area contributed by atoms with E-state index in [0.717, 1.165) is 6.42 Å². The molecule has 0 spiro atoms. The van der Waals surface area contributed by atoms with Crippen molar-refractivity contribution in [2.45, 2.75) is 51.4 Å². The molecular weight excluding hydrogens is 244 g/mol. The molecule has 2 bridgehead atoms. The summed E-state index contributed by atoms with van der Waals surface area (Å²) in [5, 5.41) is 10.5. The van der Waals surface area contributed by atoms with E-state index < -0.39 is 5.97 Å². The standard InChI is InChI=1S/C14H22N2O3/c1-7-3-11-10-4-9(13(11)19-7)5-12(10)16-6-18-14(17)8(2)15/h7,9-13,15-16H,3-6H2,1-2H3. The van der Waals surface area contributed by atoms with Gasteiger partial charge in [-0.3, -0.25) is 10.7 Å². The summed E-state index contributed by atoms with van der Waals surface area (Å²) in [4.78, 5) is 11.2. The number of nitrogens with one attached hydrogen (secondary N) is 2. The molecule has 3 rings (SSSR count). The van der Waals surface area contributed by atoms with E-state index in [1.807, 2.05) is 0 Å². The first-order valence-corrected chi connectivity index (χ1v) is 7.17. The van der Waals surface area contributed by atoms with Crippen LogP contribution in [-0.4, -0.2) is 36.7 Å². The number of carbonyl (C=O) groups excluding carboxylic acids is 1. The molecule has 1 saturated heterocycles. The molecule has 1 heterocycles. The molecule has 0 aromatic rings. The minimum atomic E-state index is -0.536. The molecule has 2 N–H and O–H groups in total. The van der Waals surface area contributed by atoms with Crippen molar-refractivity contribution in [1.29, 1.82) is 5.41 Å². The molecular formula is C14H22N2O3. The lowest BCUT2D eigenvalue weighted by Crippen LogP contribution is -2.42. The predicted molar refractivity (Wildman–Crippen MR) is 69.9 cm³/mol. The zero-order valence-electron chi connectivity index (χ0n) is 11.5. The van der Waals surface area contributed by atoms with Crippen molar-refractivity contribution in [3.8, 4) is 0 Å². The van der Waals surface area contributed by atoms with E-state index in [2.05, 4.69) is 12.2 Å². The third-order valence-electron chi connectivity index (χ3n) is 4.93. The smallest absolute Gasteiger partial charge is 0.352 e. The van der Waals surface area contributed by atoms with Crippen molar-refractivity contribution >= 4 is 11.7 Å². The van der Waals surface area contributed by atoms with Gasteiger partial charge in [0.25, 0.3) is 0 Å². The molecule has 0 amide bonds. The van der Waals surface area contributed by atoms with Crippen molar-refractivity contribution in [3.63, 3.8) is 0 Å². The Morgan fingerprint density at radius 2 is 2.16 bits per heavy atom. The minimum Gasteiger partial charge on any atom is -0.445 e. The molecule has 2 saturated carbocycles. The van der Waals surface area contributed by atoms with Gasteiger partial charge in [-0.25, -0.2) is 4.79 Å². The molecule has 3 fully saturated rings. The van der Waals surface area contributed by atoms with Crippen molar-refractivity contribution in [2.75, 3.05) is 6.73 Å². The van der Waals surface area contributed by atoms with Crippen LogP contribution < -0.4 is 5.32 Å².